The lowest BCUT2D eigenvalue weighted by molar-refractivity contribution is -0.146. The summed E-state index contributed by atoms with van der Waals surface area (Å²) in [6.07, 6.45) is 2.37. The van der Waals surface area contributed by atoms with Crippen molar-refractivity contribution in [1.82, 2.24) is 4.98 Å². The van der Waals surface area contributed by atoms with Gasteiger partial charge in [-0.15, -0.1) is 0 Å². The van der Waals surface area contributed by atoms with Gasteiger partial charge in [-0.25, -0.2) is 9.18 Å². The highest BCUT2D eigenvalue weighted by Crippen LogP contribution is 2.18. The summed E-state index contributed by atoms with van der Waals surface area (Å²) in [5, 5.41) is 0. The van der Waals surface area contributed by atoms with E-state index in [1.54, 1.807) is 0 Å². The minimum Gasteiger partial charge on any atom is -0.467 e. The number of carbonyl (C=O) groups excluding carboxylic acids is 1. The van der Waals surface area contributed by atoms with Gasteiger partial charge in [0.05, 0.1) is 13.3 Å². The molecule has 5 heteroatoms. The van der Waals surface area contributed by atoms with Crippen LogP contribution < -0.4 is 5.73 Å². The number of pyridine rings is 1. The molecule has 1 aromatic heterocycles. The highest BCUT2D eigenvalue weighted by Gasteiger charge is 2.32. The van der Waals surface area contributed by atoms with Crippen LogP contribution in [0.25, 0.3) is 0 Å². The van der Waals surface area contributed by atoms with Gasteiger partial charge >= 0.3 is 5.97 Å². The van der Waals surface area contributed by atoms with Gasteiger partial charge in [0.15, 0.2) is 0 Å². The largest absolute Gasteiger partial charge is 0.467 e. The normalized spacial score (nSPS) is 14.6. The van der Waals surface area contributed by atoms with Crippen LogP contribution in [0.1, 0.15) is 12.5 Å². The van der Waals surface area contributed by atoms with Crippen molar-refractivity contribution in [3.8, 4) is 0 Å². The number of nitrogens with zero attached hydrogens (tertiary/aromatic N) is 1. The van der Waals surface area contributed by atoms with E-state index >= 15 is 0 Å². The fourth-order valence-electron chi connectivity index (χ4n) is 1.03. The first kappa shape index (κ1) is 10.6. The van der Waals surface area contributed by atoms with Crippen LogP contribution in [0, 0.1) is 5.82 Å². The minimum absolute atomic E-state index is 0.282. The van der Waals surface area contributed by atoms with E-state index in [0.717, 1.165) is 12.3 Å². The zero-order chi connectivity index (χ0) is 10.8. The Morgan fingerprint density at radius 1 is 1.64 bits per heavy atom. The van der Waals surface area contributed by atoms with Crippen LogP contribution in [0.5, 0.6) is 0 Å². The second-order valence-electron chi connectivity index (χ2n) is 3.09. The Hall–Kier alpha value is -1.49. The molecule has 0 radical (unpaired) electrons. The Balaban J connectivity index is 3.09. The zero-order valence-corrected chi connectivity index (χ0v) is 7.95. The Labute approximate surface area is 80.9 Å². The third-order valence-electron chi connectivity index (χ3n) is 1.91. The summed E-state index contributed by atoms with van der Waals surface area (Å²) >= 11 is 0. The number of rotatable bonds is 2. The van der Waals surface area contributed by atoms with Gasteiger partial charge in [0.2, 0.25) is 0 Å². The molecule has 1 rings (SSSR count). The van der Waals surface area contributed by atoms with Crippen molar-refractivity contribution in [3.05, 3.63) is 29.8 Å². The number of carbonyl (C=O) groups is 1. The average Bonchev–Trinajstić information content (AvgIpc) is 2.16. The molecule has 2 N–H and O–H groups in total. The van der Waals surface area contributed by atoms with Crippen LogP contribution in [0.4, 0.5) is 4.39 Å². The molecule has 14 heavy (non-hydrogen) atoms. The smallest absolute Gasteiger partial charge is 0.330 e. The molecule has 0 saturated heterocycles. The molecule has 1 heterocycles. The van der Waals surface area contributed by atoms with E-state index in [2.05, 4.69) is 9.72 Å². The molecular formula is C9H11FN2O2. The van der Waals surface area contributed by atoms with Crippen molar-refractivity contribution >= 4 is 5.97 Å². The van der Waals surface area contributed by atoms with Gasteiger partial charge in [-0.3, -0.25) is 4.98 Å². The van der Waals surface area contributed by atoms with Crippen molar-refractivity contribution in [1.29, 1.82) is 0 Å². The van der Waals surface area contributed by atoms with E-state index in [4.69, 9.17) is 5.73 Å². The molecule has 0 bridgehead atoms. The molecule has 4 nitrogen and oxygen atoms in total. The molecular weight excluding hydrogens is 187 g/mol. The lowest BCUT2D eigenvalue weighted by atomic mass is 9.95. The second-order valence-corrected chi connectivity index (χ2v) is 3.09. The van der Waals surface area contributed by atoms with E-state index in [-0.39, 0.29) is 5.56 Å². The van der Waals surface area contributed by atoms with Crippen molar-refractivity contribution in [2.75, 3.05) is 7.11 Å². The number of esters is 1. The summed E-state index contributed by atoms with van der Waals surface area (Å²) in [4.78, 5) is 14.9. The fraction of sp³-hybridized carbons (Fsp3) is 0.333. The molecule has 0 amide bonds. The summed E-state index contributed by atoms with van der Waals surface area (Å²) in [7, 11) is 1.22. The van der Waals surface area contributed by atoms with Crippen LogP contribution in [0.3, 0.4) is 0 Å². The molecule has 0 spiro atoms. The Morgan fingerprint density at radius 2 is 2.29 bits per heavy atom. The summed E-state index contributed by atoms with van der Waals surface area (Å²) in [6.45, 7) is 1.44. The van der Waals surface area contributed by atoms with Gasteiger partial charge in [-0.2, -0.15) is 0 Å². The number of hydrogen-bond donors (Lipinski definition) is 1. The Bertz CT molecular complexity index is 352. The zero-order valence-electron chi connectivity index (χ0n) is 7.95. The summed E-state index contributed by atoms with van der Waals surface area (Å²) in [5.41, 5.74) is 4.59. The van der Waals surface area contributed by atoms with E-state index in [1.807, 2.05) is 0 Å². The number of nitrogens with two attached hydrogens (primary N) is 1. The first-order valence-corrected chi connectivity index (χ1v) is 3.97. The SMILES string of the molecule is COC(=O)[C@@](C)(N)c1cncc(F)c1. The van der Waals surface area contributed by atoms with E-state index in [0.29, 0.717) is 0 Å². The van der Waals surface area contributed by atoms with Gasteiger partial charge in [0.25, 0.3) is 0 Å². The van der Waals surface area contributed by atoms with E-state index in [9.17, 15) is 9.18 Å². The number of methoxy groups -OCH3 is 1. The van der Waals surface area contributed by atoms with Crippen LogP contribution >= 0.6 is 0 Å². The molecule has 0 aromatic carbocycles. The van der Waals surface area contributed by atoms with Crippen LogP contribution in [-0.4, -0.2) is 18.1 Å². The third-order valence-corrected chi connectivity index (χ3v) is 1.91. The molecule has 0 aliphatic rings. The Morgan fingerprint density at radius 3 is 2.79 bits per heavy atom. The summed E-state index contributed by atoms with van der Waals surface area (Å²) < 4.78 is 17.3. The predicted octanol–water partition coefficient (Wildman–Crippen LogP) is 0.568. The molecule has 0 fully saturated rings. The van der Waals surface area contributed by atoms with Crippen molar-refractivity contribution in [2.45, 2.75) is 12.5 Å². The first-order chi connectivity index (χ1) is 6.48. The standard InChI is InChI=1S/C9H11FN2O2/c1-9(11,8(13)14-2)6-3-7(10)5-12-4-6/h3-5H,11H2,1-2H3/t9-/m0/s1. The summed E-state index contributed by atoms with van der Waals surface area (Å²) in [6, 6.07) is 1.16. The number of hydrogen-bond acceptors (Lipinski definition) is 4. The minimum atomic E-state index is -1.37. The van der Waals surface area contributed by atoms with Gasteiger partial charge in [-0.05, 0) is 13.0 Å². The van der Waals surface area contributed by atoms with Gasteiger partial charge in [0, 0.05) is 11.8 Å². The van der Waals surface area contributed by atoms with Gasteiger partial charge < -0.3 is 10.5 Å². The third kappa shape index (κ3) is 1.88. The molecule has 0 aliphatic heterocycles. The number of ether oxygens (including phenoxy) is 1. The average molecular weight is 198 g/mol. The first-order valence-electron chi connectivity index (χ1n) is 3.97. The molecule has 0 saturated carbocycles. The Kier molecular flexibility index (Phi) is 2.81. The topological polar surface area (TPSA) is 65.2 Å². The molecule has 1 atom stereocenters. The van der Waals surface area contributed by atoms with Crippen molar-refractivity contribution < 1.29 is 13.9 Å². The maximum atomic E-state index is 12.8. The maximum Gasteiger partial charge on any atom is 0.330 e. The predicted molar refractivity (Wildman–Crippen MR) is 47.8 cm³/mol. The highest BCUT2D eigenvalue weighted by atomic mass is 19.1. The molecule has 0 unspecified atom stereocenters. The van der Waals surface area contributed by atoms with E-state index in [1.165, 1.54) is 20.2 Å². The van der Waals surface area contributed by atoms with Crippen LogP contribution in [0.15, 0.2) is 18.5 Å². The summed E-state index contributed by atoms with van der Waals surface area (Å²) in [5.74, 6) is -1.17. The number of halogens is 1. The second kappa shape index (κ2) is 3.71. The van der Waals surface area contributed by atoms with E-state index < -0.39 is 17.3 Å². The quantitative estimate of drug-likeness (QED) is 0.705. The van der Waals surface area contributed by atoms with Gasteiger partial charge in [-0.1, -0.05) is 0 Å². The van der Waals surface area contributed by atoms with Crippen LogP contribution in [-0.2, 0) is 15.1 Å². The molecule has 0 aliphatic carbocycles. The molecule has 76 valence electrons. The fourth-order valence-corrected chi connectivity index (χ4v) is 1.03. The maximum absolute atomic E-state index is 12.8. The lowest BCUT2D eigenvalue weighted by Crippen LogP contribution is -2.42. The molecule has 1 aromatic rings. The monoisotopic (exact) mass is 198 g/mol. The number of aromatic nitrogens is 1. The van der Waals surface area contributed by atoms with Crippen LogP contribution in [0.2, 0.25) is 0 Å². The lowest BCUT2D eigenvalue weighted by Gasteiger charge is -2.21. The van der Waals surface area contributed by atoms with Crippen molar-refractivity contribution in [3.63, 3.8) is 0 Å². The van der Waals surface area contributed by atoms with Gasteiger partial charge in [0.1, 0.15) is 11.4 Å². The highest BCUT2D eigenvalue weighted by molar-refractivity contribution is 5.81. The van der Waals surface area contributed by atoms with Crippen molar-refractivity contribution in [2.24, 2.45) is 5.73 Å².